The molecule has 0 fully saturated rings. The van der Waals surface area contributed by atoms with Crippen molar-refractivity contribution in [1.82, 2.24) is 9.55 Å². The predicted molar refractivity (Wildman–Crippen MR) is 126 cm³/mol. The van der Waals surface area contributed by atoms with Crippen molar-refractivity contribution in [3.8, 4) is 0 Å². The molecule has 6 heteroatoms. The van der Waals surface area contributed by atoms with E-state index in [0.717, 1.165) is 36.1 Å². The number of Topliss-reactive ketones (excluding diaryl/α,β-unsaturated/α-hetero) is 1. The van der Waals surface area contributed by atoms with Crippen molar-refractivity contribution < 1.29 is 14.7 Å². The van der Waals surface area contributed by atoms with Gasteiger partial charge in [-0.05, 0) is 55.3 Å². The summed E-state index contributed by atoms with van der Waals surface area (Å²) in [7, 11) is 0. The number of imidazole rings is 1. The second-order valence-corrected chi connectivity index (χ2v) is 9.84. The summed E-state index contributed by atoms with van der Waals surface area (Å²) in [5, 5.41) is 11.8. The molecule has 0 saturated carbocycles. The third-order valence-corrected chi connectivity index (χ3v) is 7.47. The highest BCUT2D eigenvalue weighted by Crippen LogP contribution is 2.34. The first kappa shape index (κ1) is 23.2. The van der Waals surface area contributed by atoms with Crippen molar-refractivity contribution >= 4 is 34.1 Å². The van der Waals surface area contributed by atoms with Crippen LogP contribution in [-0.2, 0) is 11.2 Å². The normalized spacial score (nSPS) is 13.8. The molecule has 0 aliphatic carbocycles. The zero-order valence-corrected chi connectivity index (χ0v) is 19.8. The van der Waals surface area contributed by atoms with Gasteiger partial charge in [-0.25, -0.2) is 4.98 Å². The average molecular weight is 441 g/mol. The molecule has 1 unspecified atom stereocenters. The first-order valence-corrected chi connectivity index (χ1v) is 11.9. The van der Waals surface area contributed by atoms with Crippen LogP contribution in [0.15, 0.2) is 35.7 Å². The molecule has 2 aromatic heterocycles. The van der Waals surface area contributed by atoms with Crippen molar-refractivity contribution in [3.05, 3.63) is 52.0 Å². The number of fused-ring (bicyclic) bond motifs is 1. The van der Waals surface area contributed by atoms with Gasteiger partial charge in [-0.15, -0.1) is 11.3 Å². The molecule has 3 rings (SSSR count). The van der Waals surface area contributed by atoms with Crippen LogP contribution in [0.5, 0.6) is 0 Å². The summed E-state index contributed by atoms with van der Waals surface area (Å²) in [6.45, 7) is 9.71. The minimum absolute atomic E-state index is 0.0270. The monoisotopic (exact) mass is 440 g/mol. The lowest BCUT2D eigenvalue weighted by atomic mass is 9.74. The van der Waals surface area contributed by atoms with Crippen molar-refractivity contribution in [2.24, 2.45) is 11.3 Å². The van der Waals surface area contributed by atoms with Crippen LogP contribution in [0.4, 0.5) is 0 Å². The van der Waals surface area contributed by atoms with Gasteiger partial charge in [0.05, 0.1) is 16.4 Å². The number of nitrogens with zero attached hydrogens (tertiary/aromatic N) is 2. The van der Waals surface area contributed by atoms with Crippen LogP contribution in [0.2, 0.25) is 0 Å². The molecule has 1 N–H and O–H groups in total. The standard InChI is InChI=1S/C25H32N2O3S/c1-6-18(7-2)27-21-11-10-17(22(28)15-25(5,16(3)4)24(29)30)13-20(21)26-23(27)14-19-9-8-12-31-19/h8-13,16,18H,6-7,14-15H2,1-5H3,(H,29,30). The van der Waals surface area contributed by atoms with Gasteiger partial charge in [0.1, 0.15) is 5.82 Å². The number of carbonyl (C=O) groups is 2. The summed E-state index contributed by atoms with van der Waals surface area (Å²) in [4.78, 5) is 31.0. The highest BCUT2D eigenvalue weighted by atomic mass is 32.1. The third kappa shape index (κ3) is 4.59. The Morgan fingerprint density at radius 2 is 1.90 bits per heavy atom. The number of aromatic nitrogens is 2. The molecule has 0 amide bonds. The van der Waals surface area contributed by atoms with Crippen molar-refractivity contribution in [3.63, 3.8) is 0 Å². The largest absolute Gasteiger partial charge is 0.481 e. The lowest BCUT2D eigenvalue weighted by molar-refractivity contribution is -0.150. The Bertz CT molecular complexity index is 1060. The molecule has 0 bridgehead atoms. The SMILES string of the molecule is CCC(CC)n1c(Cc2cccs2)nc2cc(C(=O)CC(C)(C(=O)O)C(C)C)ccc21. The number of rotatable bonds is 10. The zero-order valence-electron chi connectivity index (χ0n) is 19.0. The van der Waals surface area contributed by atoms with Crippen LogP contribution in [0.25, 0.3) is 11.0 Å². The Morgan fingerprint density at radius 3 is 2.45 bits per heavy atom. The van der Waals surface area contributed by atoms with Crippen LogP contribution in [-0.4, -0.2) is 26.4 Å². The summed E-state index contributed by atoms with van der Waals surface area (Å²) < 4.78 is 2.32. The summed E-state index contributed by atoms with van der Waals surface area (Å²) >= 11 is 1.72. The lowest BCUT2D eigenvalue weighted by Gasteiger charge is -2.28. The second kappa shape index (κ2) is 9.35. The van der Waals surface area contributed by atoms with Crippen LogP contribution >= 0.6 is 11.3 Å². The molecule has 0 aliphatic heterocycles. The predicted octanol–water partition coefficient (Wildman–Crippen LogP) is 6.37. The molecule has 3 aromatic rings. The Labute approximate surface area is 188 Å². The number of carbonyl (C=O) groups excluding carboxylic acids is 1. The van der Waals surface area contributed by atoms with E-state index in [1.807, 2.05) is 32.0 Å². The number of thiophene rings is 1. The molecular formula is C25H32N2O3S. The summed E-state index contributed by atoms with van der Waals surface area (Å²) in [5.74, 6) is -0.233. The molecule has 31 heavy (non-hydrogen) atoms. The Morgan fingerprint density at radius 1 is 1.19 bits per heavy atom. The highest BCUT2D eigenvalue weighted by molar-refractivity contribution is 7.09. The minimum Gasteiger partial charge on any atom is -0.481 e. The molecule has 166 valence electrons. The van der Waals surface area contributed by atoms with E-state index in [1.54, 1.807) is 18.3 Å². The van der Waals surface area contributed by atoms with Gasteiger partial charge in [0.2, 0.25) is 0 Å². The zero-order chi connectivity index (χ0) is 22.8. The van der Waals surface area contributed by atoms with E-state index < -0.39 is 11.4 Å². The Kier molecular flexibility index (Phi) is 6.99. The van der Waals surface area contributed by atoms with E-state index in [9.17, 15) is 14.7 Å². The lowest BCUT2D eigenvalue weighted by Crippen LogP contribution is -2.35. The van der Waals surface area contributed by atoms with Gasteiger partial charge in [-0.1, -0.05) is 33.8 Å². The summed E-state index contributed by atoms with van der Waals surface area (Å²) in [6.07, 6.45) is 2.74. The van der Waals surface area contributed by atoms with Crippen LogP contribution in [0.3, 0.4) is 0 Å². The van der Waals surface area contributed by atoms with Gasteiger partial charge < -0.3 is 9.67 Å². The van der Waals surface area contributed by atoms with Gasteiger partial charge in [-0.2, -0.15) is 0 Å². The highest BCUT2D eigenvalue weighted by Gasteiger charge is 2.39. The molecule has 0 aliphatic rings. The maximum atomic E-state index is 13.0. The average Bonchev–Trinajstić information content (AvgIpc) is 3.36. The van der Waals surface area contributed by atoms with E-state index in [1.165, 1.54) is 4.88 Å². The first-order valence-electron chi connectivity index (χ1n) is 11.0. The van der Waals surface area contributed by atoms with Gasteiger partial charge in [0.15, 0.2) is 5.78 Å². The van der Waals surface area contributed by atoms with Gasteiger partial charge in [0, 0.05) is 29.3 Å². The molecule has 1 atom stereocenters. The Hall–Kier alpha value is -2.47. The topological polar surface area (TPSA) is 72.2 Å². The molecule has 0 saturated heterocycles. The summed E-state index contributed by atoms with van der Waals surface area (Å²) in [5.41, 5.74) is 1.26. The quantitative estimate of drug-likeness (QED) is 0.372. The van der Waals surface area contributed by atoms with Gasteiger partial charge in [-0.3, -0.25) is 9.59 Å². The van der Waals surface area contributed by atoms with Gasteiger partial charge in [0.25, 0.3) is 0 Å². The molecule has 2 heterocycles. The van der Waals surface area contributed by atoms with E-state index >= 15 is 0 Å². The van der Waals surface area contributed by atoms with E-state index in [-0.39, 0.29) is 18.1 Å². The number of hydrogen-bond donors (Lipinski definition) is 1. The van der Waals surface area contributed by atoms with Crippen molar-refractivity contribution in [2.75, 3.05) is 0 Å². The fourth-order valence-corrected chi connectivity index (χ4v) is 4.74. The fraction of sp³-hybridized carbons (Fsp3) is 0.480. The van der Waals surface area contributed by atoms with Gasteiger partial charge >= 0.3 is 5.97 Å². The van der Waals surface area contributed by atoms with Crippen LogP contribution in [0, 0.1) is 11.3 Å². The maximum Gasteiger partial charge on any atom is 0.310 e. The maximum absolute atomic E-state index is 13.0. The van der Waals surface area contributed by atoms with E-state index in [2.05, 4.69) is 35.9 Å². The van der Waals surface area contributed by atoms with Crippen molar-refractivity contribution in [2.45, 2.75) is 66.3 Å². The third-order valence-electron chi connectivity index (χ3n) is 6.60. The van der Waals surface area contributed by atoms with Crippen LogP contribution < -0.4 is 0 Å². The number of aliphatic carboxylic acids is 1. The number of ketones is 1. The molecular weight excluding hydrogens is 408 g/mol. The number of benzene rings is 1. The van der Waals surface area contributed by atoms with E-state index in [4.69, 9.17) is 4.98 Å². The molecule has 5 nitrogen and oxygen atoms in total. The molecule has 0 spiro atoms. The smallest absolute Gasteiger partial charge is 0.310 e. The second-order valence-electron chi connectivity index (χ2n) is 8.81. The first-order chi connectivity index (χ1) is 14.7. The molecule has 0 radical (unpaired) electrons. The number of carboxylic acid groups (broad SMARTS) is 1. The minimum atomic E-state index is -1.09. The number of carboxylic acids is 1. The fourth-order valence-electron chi connectivity index (χ4n) is 4.04. The van der Waals surface area contributed by atoms with Crippen molar-refractivity contribution in [1.29, 1.82) is 0 Å². The number of hydrogen-bond acceptors (Lipinski definition) is 4. The molecule has 1 aromatic carbocycles. The van der Waals surface area contributed by atoms with E-state index in [0.29, 0.717) is 11.6 Å². The van der Waals surface area contributed by atoms with Crippen LogP contribution in [0.1, 0.15) is 81.0 Å². The summed E-state index contributed by atoms with van der Waals surface area (Å²) in [6, 6.07) is 10.1. The Balaban J connectivity index is 2.02.